The zero-order valence-electron chi connectivity index (χ0n) is 14.8. The molecular weight excluding hydrogens is 324 g/mol. The molecule has 0 spiro atoms. The number of amides is 1. The normalized spacial score (nSPS) is 18.5. The number of hydrogen-bond donors (Lipinski definition) is 0. The Balaban J connectivity index is 1.51. The molecule has 1 saturated carbocycles. The summed E-state index contributed by atoms with van der Waals surface area (Å²) >= 11 is 0. The number of furan rings is 1. The molecule has 4 rings (SSSR count). The van der Waals surface area contributed by atoms with Crippen LogP contribution in [-0.4, -0.2) is 15.8 Å². The topological polar surface area (TPSA) is 46.3 Å². The molecule has 2 heterocycles. The van der Waals surface area contributed by atoms with Crippen molar-refractivity contribution in [1.82, 2.24) is 9.88 Å². The van der Waals surface area contributed by atoms with Crippen molar-refractivity contribution < 1.29 is 9.21 Å². The molecule has 2 aromatic heterocycles. The number of hydrogen-bond acceptors (Lipinski definition) is 3. The van der Waals surface area contributed by atoms with E-state index >= 15 is 0 Å². The number of aryl methyl sites for hydroxylation is 1. The molecular formula is C22H22N2O2. The molecule has 1 aliphatic rings. The van der Waals surface area contributed by atoms with Gasteiger partial charge in [0.15, 0.2) is 0 Å². The fourth-order valence-electron chi connectivity index (χ4n) is 3.49. The molecule has 1 aromatic carbocycles. The summed E-state index contributed by atoms with van der Waals surface area (Å²) < 4.78 is 5.47. The van der Waals surface area contributed by atoms with E-state index in [4.69, 9.17) is 4.42 Å². The SMILES string of the molecule is Cc1cccc([C@H]2C[C@H]2C(=O)N(Cc2cccnc2)Cc2ccco2)c1. The van der Waals surface area contributed by atoms with Crippen LogP contribution in [0.25, 0.3) is 0 Å². The van der Waals surface area contributed by atoms with Crippen LogP contribution in [0.2, 0.25) is 0 Å². The highest BCUT2D eigenvalue weighted by Crippen LogP contribution is 2.48. The number of aromatic nitrogens is 1. The first kappa shape index (κ1) is 16.6. The summed E-state index contributed by atoms with van der Waals surface area (Å²) in [6, 6.07) is 16.1. The number of benzene rings is 1. The molecule has 3 aromatic rings. The maximum absolute atomic E-state index is 13.2. The zero-order valence-corrected chi connectivity index (χ0v) is 14.8. The highest BCUT2D eigenvalue weighted by molar-refractivity contribution is 5.83. The van der Waals surface area contributed by atoms with Crippen molar-refractivity contribution in [2.24, 2.45) is 5.92 Å². The minimum atomic E-state index is 0.0587. The Bertz CT molecular complexity index is 874. The molecule has 0 bridgehead atoms. The van der Waals surface area contributed by atoms with Gasteiger partial charge in [0.1, 0.15) is 5.76 Å². The van der Waals surface area contributed by atoms with E-state index in [1.54, 1.807) is 12.5 Å². The number of pyridine rings is 1. The molecule has 4 heteroatoms. The van der Waals surface area contributed by atoms with E-state index in [1.165, 1.54) is 11.1 Å². The smallest absolute Gasteiger partial charge is 0.227 e. The Morgan fingerprint density at radius 2 is 2.12 bits per heavy atom. The standard InChI is InChI=1S/C22H22N2O2/c1-16-5-2-7-18(11-16)20-12-21(20)22(25)24(15-19-8-4-10-26-19)14-17-6-3-9-23-13-17/h2-11,13,20-21H,12,14-15H2,1H3/t20-,21-/m1/s1. The van der Waals surface area contributed by atoms with Crippen molar-refractivity contribution in [3.8, 4) is 0 Å². The lowest BCUT2D eigenvalue weighted by Gasteiger charge is -2.22. The second-order valence-electron chi connectivity index (χ2n) is 7.00. The predicted octanol–water partition coefficient (Wildman–Crippen LogP) is 4.32. The molecule has 132 valence electrons. The minimum absolute atomic E-state index is 0.0587. The van der Waals surface area contributed by atoms with Gasteiger partial charge in [-0.2, -0.15) is 0 Å². The molecule has 1 amide bonds. The van der Waals surface area contributed by atoms with Crippen LogP contribution in [-0.2, 0) is 17.9 Å². The summed E-state index contributed by atoms with van der Waals surface area (Å²) in [5, 5.41) is 0. The van der Waals surface area contributed by atoms with Gasteiger partial charge >= 0.3 is 0 Å². The van der Waals surface area contributed by atoms with Gasteiger partial charge in [-0.15, -0.1) is 0 Å². The summed E-state index contributed by atoms with van der Waals surface area (Å²) in [5.74, 6) is 1.38. The lowest BCUT2D eigenvalue weighted by atomic mass is 10.1. The maximum Gasteiger partial charge on any atom is 0.227 e. The minimum Gasteiger partial charge on any atom is -0.467 e. The van der Waals surface area contributed by atoms with Crippen molar-refractivity contribution in [2.75, 3.05) is 0 Å². The molecule has 0 saturated heterocycles. The molecule has 0 N–H and O–H groups in total. The number of rotatable bonds is 6. The Morgan fingerprint density at radius 1 is 1.19 bits per heavy atom. The summed E-state index contributed by atoms with van der Waals surface area (Å²) in [5.41, 5.74) is 3.53. The van der Waals surface area contributed by atoms with Gasteiger partial charge in [0.25, 0.3) is 0 Å². The highest BCUT2D eigenvalue weighted by atomic mass is 16.3. The van der Waals surface area contributed by atoms with Crippen LogP contribution < -0.4 is 0 Å². The van der Waals surface area contributed by atoms with Crippen molar-refractivity contribution in [3.63, 3.8) is 0 Å². The third-order valence-corrected chi connectivity index (χ3v) is 4.91. The Morgan fingerprint density at radius 3 is 2.85 bits per heavy atom. The maximum atomic E-state index is 13.2. The summed E-state index contributed by atoms with van der Waals surface area (Å²) in [7, 11) is 0. The second-order valence-corrected chi connectivity index (χ2v) is 7.00. The van der Waals surface area contributed by atoms with Crippen molar-refractivity contribution >= 4 is 5.91 Å². The van der Waals surface area contributed by atoms with E-state index in [2.05, 4.69) is 36.2 Å². The molecule has 1 fully saturated rings. The van der Waals surface area contributed by atoms with Gasteiger partial charge in [0, 0.05) is 24.9 Å². The van der Waals surface area contributed by atoms with E-state index in [9.17, 15) is 4.79 Å². The monoisotopic (exact) mass is 346 g/mol. The molecule has 1 aliphatic carbocycles. The van der Waals surface area contributed by atoms with Crippen LogP contribution in [0.3, 0.4) is 0 Å². The number of carbonyl (C=O) groups is 1. The first-order chi connectivity index (χ1) is 12.7. The van der Waals surface area contributed by atoms with Crippen LogP contribution in [0.5, 0.6) is 0 Å². The number of carbonyl (C=O) groups excluding carboxylic acids is 1. The zero-order chi connectivity index (χ0) is 17.9. The second kappa shape index (κ2) is 7.16. The van der Waals surface area contributed by atoms with Crippen molar-refractivity contribution in [2.45, 2.75) is 32.4 Å². The Labute approximate surface area is 153 Å². The van der Waals surface area contributed by atoms with Crippen LogP contribution in [0.1, 0.15) is 34.8 Å². The van der Waals surface area contributed by atoms with Crippen LogP contribution in [0.15, 0.2) is 71.6 Å². The third kappa shape index (κ3) is 3.69. The van der Waals surface area contributed by atoms with Crippen molar-refractivity contribution in [1.29, 1.82) is 0 Å². The fourth-order valence-corrected chi connectivity index (χ4v) is 3.49. The summed E-state index contributed by atoms with van der Waals surface area (Å²) in [6.45, 7) is 3.12. The first-order valence-corrected chi connectivity index (χ1v) is 8.97. The van der Waals surface area contributed by atoms with Crippen LogP contribution in [0, 0.1) is 12.8 Å². The van der Waals surface area contributed by atoms with Crippen LogP contribution >= 0.6 is 0 Å². The van der Waals surface area contributed by atoms with Gasteiger partial charge < -0.3 is 9.32 Å². The number of nitrogens with zero attached hydrogens (tertiary/aromatic N) is 2. The van der Waals surface area contributed by atoms with Crippen molar-refractivity contribution in [3.05, 3.63) is 89.6 Å². The molecule has 2 atom stereocenters. The van der Waals surface area contributed by atoms with Gasteiger partial charge in [0.05, 0.1) is 12.8 Å². The Kier molecular flexibility index (Phi) is 4.57. The average molecular weight is 346 g/mol. The van der Waals surface area contributed by atoms with Gasteiger partial charge in [0.2, 0.25) is 5.91 Å². The molecule has 0 unspecified atom stereocenters. The van der Waals surface area contributed by atoms with Gasteiger partial charge in [-0.05, 0) is 48.6 Å². The third-order valence-electron chi connectivity index (χ3n) is 4.91. The summed E-state index contributed by atoms with van der Waals surface area (Å²) in [6.07, 6.45) is 6.13. The van der Waals surface area contributed by atoms with Gasteiger partial charge in [-0.3, -0.25) is 9.78 Å². The molecule has 4 nitrogen and oxygen atoms in total. The predicted molar refractivity (Wildman–Crippen MR) is 99.2 cm³/mol. The van der Waals surface area contributed by atoms with E-state index < -0.39 is 0 Å². The molecule has 26 heavy (non-hydrogen) atoms. The van der Waals surface area contributed by atoms with Gasteiger partial charge in [-0.1, -0.05) is 35.9 Å². The molecule has 0 aliphatic heterocycles. The lowest BCUT2D eigenvalue weighted by molar-refractivity contribution is -0.134. The van der Waals surface area contributed by atoms with E-state index in [-0.39, 0.29) is 11.8 Å². The van der Waals surface area contributed by atoms with Crippen LogP contribution in [0.4, 0.5) is 0 Å². The largest absolute Gasteiger partial charge is 0.467 e. The lowest BCUT2D eigenvalue weighted by Crippen LogP contribution is -2.31. The highest BCUT2D eigenvalue weighted by Gasteiger charge is 2.45. The quantitative estimate of drug-likeness (QED) is 0.668. The van der Waals surface area contributed by atoms with E-state index in [0.717, 1.165) is 17.7 Å². The van der Waals surface area contributed by atoms with E-state index in [1.807, 2.05) is 35.4 Å². The average Bonchev–Trinajstić information content (AvgIpc) is 3.30. The van der Waals surface area contributed by atoms with Gasteiger partial charge in [-0.25, -0.2) is 0 Å². The molecule has 0 radical (unpaired) electrons. The fraction of sp³-hybridized carbons (Fsp3) is 0.273. The first-order valence-electron chi connectivity index (χ1n) is 8.97. The summed E-state index contributed by atoms with van der Waals surface area (Å²) in [4.78, 5) is 19.2. The Hall–Kier alpha value is -2.88. The van der Waals surface area contributed by atoms with E-state index in [0.29, 0.717) is 19.0 Å².